The molecule has 0 heterocycles. The summed E-state index contributed by atoms with van der Waals surface area (Å²) in [4.78, 5) is 0. The first-order valence-corrected chi connectivity index (χ1v) is 6.48. The quantitative estimate of drug-likeness (QED) is 0.625. The number of halogens is 8. The number of ether oxygens (including phenoxy) is 2. The zero-order chi connectivity index (χ0) is 18.8. The minimum atomic E-state index is -5.02. The van der Waals surface area contributed by atoms with E-state index in [0.717, 1.165) is 36.4 Å². The molecule has 0 aliphatic heterocycles. The predicted molar refractivity (Wildman–Crippen MR) is 70.2 cm³/mol. The topological polar surface area (TPSA) is 18.5 Å². The van der Waals surface area contributed by atoms with Crippen LogP contribution in [-0.4, -0.2) is 13.0 Å². The van der Waals surface area contributed by atoms with E-state index in [9.17, 15) is 35.1 Å². The van der Waals surface area contributed by atoms with Crippen molar-refractivity contribution in [1.82, 2.24) is 0 Å². The molecule has 0 aromatic heterocycles. The van der Waals surface area contributed by atoms with Gasteiger partial charge in [-0.05, 0) is 23.8 Å². The Kier molecular flexibility index (Phi) is 5.09. The van der Waals surface area contributed by atoms with Crippen LogP contribution in [0.4, 0.5) is 35.1 Å². The molecule has 2 rings (SSSR count). The van der Waals surface area contributed by atoms with Crippen molar-refractivity contribution in [3.63, 3.8) is 0 Å². The molecular weight excluding hydrogens is 364 g/mol. The fraction of sp³-hybridized carbons (Fsp3) is 0.200. The van der Waals surface area contributed by atoms with E-state index in [-0.39, 0.29) is 5.56 Å². The first-order valence-electron chi connectivity index (χ1n) is 6.48. The normalized spacial score (nSPS) is 12.4. The summed E-state index contributed by atoms with van der Waals surface area (Å²) in [5.41, 5.74) is -2.15. The minimum absolute atomic E-state index is 0.219. The van der Waals surface area contributed by atoms with Crippen LogP contribution in [0.1, 0.15) is 5.56 Å². The Labute approximate surface area is 135 Å². The second-order valence-electron chi connectivity index (χ2n) is 4.63. The molecule has 2 nitrogen and oxygen atoms in total. The highest BCUT2D eigenvalue weighted by Crippen LogP contribution is 2.43. The molecule has 0 fully saturated rings. The van der Waals surface area contributed by atoms with E-state index in [1.165, 1.54) is 0 Å². The first kappa shape index (κ1) is 18.8. The van der Waals surface area contributed by atoms with E-state index in [4.69, 9.17) is 0 Å². The van der Waals surface area contributed by atoms with Crippen molar-refractivity contribution >= 4 is 0 Å². The molecule has 0 saturated carbocycles. The predicted octanol–water partition coefficient (Wildman–Crippen LogP) is 5.87. The SMILES string of the molecule is FC(F)Oc1c(-c2cccc(OC(F)(F)F)c2)cccc1C(F)(F)F. The summed E-state index contributed by atoms with van der Waals surface area (Å²) in [6.45, 7) is -3.56. The van der Waals surface area contributed by atoms with Crippen LogP contribution in [0, 0.1) is 0 Å². The molecule has 2 aromatic carbocycles. The molecule has 0 N–H and O–H groups in total. The lowest BCUT2D eigenvalue weighted by molar-refractivity contribution is -0.274. The summed E-state index contributed by atoms with van der Waals surface area (Å²) in [5.74, 6) is -1.90. The lowest BCUT2D eigenvalue weighted by Crippen LogP contribution is -2.17. The van der Waals surface area contributed by atoms with Gasteiger partial charge in [0.2, 0.25) is 0 Å². The molecule has 0 aliphatic carbocycles. The molecule has 10 heteroatoms. The van der Waals surface area contributed by atoms with Crippen LogP contribution in [0.5, 0.6) is 11.5 Å². The van der Waals surface area contributed by atoms with E-state index < -0.39 is 41.8 Å². The molecule has 0 saturated heterocycles. The third-order valence-corrected chi connectivity index (χ3v) is 2.91. The summed E-state index contributed by atoms with van der Waals surface area (Å²) in [6.07, 6.45) is -10.0. The van der Waals surface area contributed by atoms with Gasteiger partial charge in [0, 0.05) is 5.56 Å². The van der Waals surface area contributed by atoms with Gasteiger partial charge in [-0.15, -0.1) is 13.2 Å². The van der Waals surface area contributed by atoms with Gasteiger partial charge in [-0.3, -0.25) is 0 Å². The Balaban J connectivity index is 2.57. The molecular formula is C15H8F8O2. The van der Waals surface area contributed by atoms with Gasteiger partial charge in [-0.2, -0.15) is 22.0 Å². The maximum absolute atomic E-state index is 13.0. The van der Waals surface area contributed by atoms with Gasteiger partial charge in [0.15, 0.2) is 0 Å². The van der Waals surface area contributed by atoms with Gasteiger partial charge in [0.1, 0.15) is 11.5 Å². The third-order valence-electron chi connectivity index (χ3n) is 2.91. The molecule has 136 valence electrons. The summed E-state index contributed by atoms with van der Waals surface area (Å²) < 4.78 is 108. The Bertz CT molecular complexity index is 737. The van der Waals surface area contributed by atoms with Crippen molar-refractivity contribution in [2.24, 2.45) is 0 Å². The Morgan fingerprint density at radius 3 is 2.04 bits per heavy atom. The Morgan fingerprint density at radius 1 is 0.840 bits per heavy atom. The van der Waals surface area contributed by atoms with Crippen LogP contribution in [0.3, 0.4) is 0 Å². The number of benzene rings is 2. The zero-order valence-electron chi connectivity index (χ0n) is 12.0. The largest absolute Gasteiger partial charge is 0.573 e. The molecule has 0 amide bonds. The summed E-state index contributed by atoms with van der Waals surface area (Å²) in [7, 11) is 0. The fourth-order valence-corrected chi connectivity index (χ4v) is 2.06. The van der Waals surface area contributed by atoms with Crippen molar-refractivity contribution in [2.45, 2.75) is 19.2 Å². The van der Waals surface area contributed by atoms with Gasteiger partial charge >= 0.3 is 19.2 Å². The molecule has 0 spiro atoms. The molecule has 25 heavy (non-hydrogen) atoms. The van der Waals surface area contributed by atoms with Crippen molar-refractivity contribution in [1.29, 1.82) is 0 Å². The number of alkyl halides is 8. The van der Waals surface area contributed by atoms with Gasteiger partial charge in [0.25, 0.3) is 0 Å². The van der Waals surface area contributed by atoms with Crippen molar-refractivity contribution < 1.29 is 44.6 Å². The monoisotopic (exact) mass is 372 g/mol. The average Bonchev–Trinajstić information content (AvgIpc) is 2.44. The van der Waals surface area contributed by atoms with E-state index in [1.54, 1.807) is 0 Å². The zero-order valence-corrected chi connectivity index (χ0v) is 12.0. The molecule has 0 unspecified atom stereocenters. The molecule has 0 radical (unpaired) electrons. The maximum atomic E-state index is 13.0. The second-order valence-corrected chi connectivity index (χ2v) is 4.63. The number of rotatable bonds is 4. The third kappa shape index (κ3) is 4.97. The van der Waals surface area contributed by atoms with Gasteiger partial charge in [-0.25, -0.2) is 0 Å². The number of hydrogen-bond acceptors (Lipinski definition) is 2. The van der Waals surface area contributed by atoms with E-state index >= 15 is 0 Å². The first-order chi connectivity index (χ1) is 11.5. The maximum Gasteiger partial charge on any atom is 0.573 e. The highest BCUT2D eigenvalue weighted by molar-refractivity contribution is 5.73. The number of hydrogen-bond donors (Lipinski definition) is 0. The number of para-hydroxylation sites is 1. The van der Waals surface area contributed by atoms with E-state index in [0.29, 0.717) is 6.07 Å². The van der Waals surface area contributed by atoms with Crippen molar-refractivity contribution in [2.75, 3.05) is 0 Å². The van der Waals surface area contributed by atoms with Gasteiger partial charge in [-0.1, -0.05) is 24.3 Å². The summed E-state index contributed by atoms with van der Waals surface area (Å²) >= 11 is 0. The lowest BCUT2D eigenvalue weighted by atomic mass is 10.0. The lowest BCUT2D eigenvalue weighted by Gasteiger charge is -2.17. The van der Waals surface area contributed by atoms with Crippen LogP contribution in [0.25, 0.3) is 11.1 Å². The van der Waals surface area contributed by atoms with Crippen molar-refractivity contribution in [3.8, 4) is 22.6 Å². The van der Waals surface area contributed by atoms with Gasteiger partial charge in [0.05, 0.1) is 5.56 Å². The standard InChI is InChI=1S/C15H8F8O2/c16-13(17)24-12-10(5-2-6-11(12)14(18,19)20)8-3-1-4-9(7-8)25-15(21,22)23/h1-7,13H. The smallest absolute Gasteiger partial charge is 0.434 e. The van der Waals surface area contributed by atoms with Crippen LogP contribution in [0.2, 0.25) is 0 Å². The molecule has 2 aromatic rings. The molecule has 0 bridgehead atoms. The molecule has 0 aliphatic rings. The minimum Gasteiger partial charge on any atom is -0.434 e. The average molecular weight is 372 g/mol. The second kappa shape index (κ2) is 6.77. The Hall–Kier alpha value is -2.52. The van der Waals surface area contributed by atoms with Crippen LogP contribution < -0.4 is 9.47 Å². The van der Waals surface area contributed by atoms with Gasteiger partial charge < -0.3 is 9.47 Å². The van der Waals surface area contributed by atoms with Crippen LogP contribution in [0.15, 0.2) is 42.5 Å². The fourth-order valence-electron chi connectivity index (χ4n) is 2.06. The van der Waals surface area contributed by atoms with Crippen LogP contribution in [-0.2, 0) is 6.18 Å². The summed E-state index contributed by atoms with van der Waals surface area (Å²) in [6, 6.07) is 6.35. The van der Waals surface area contributed by atoms with Crippen molar-refractivity contribution in [3.05, 3.63) is 48.0 Å². The van der Waals surface area contributed by atoms with E-state index in [2.05, 4.69) is 9.47 Å². The highest BCUT2D eigenvalue weighted by atomic mass is 19.4. The Morgan fingerprint density at radius 2 is 1.48 bits per heavy atom. The highest BCUT2D eigenvalue weighted by Gasteiger charge is 2.36. The molecule has 0 atom stereocenters. The van der Waals surface area contributed by atoms with E-state index in [1.807, 2.05) is 0 Å². The summed E-state index contributed by atoms with van der Waals surface area (Å²) in [5, 5.41) is 0. The van der Waals surface area contributed by atoms with Crippen LogP contribution >= 0.6 is 0 Å².